The Morgan fingerprint density at radius 1 is 1.23 bits per heavy atom. The number of fused-ring (bicyclic) bond motifs is 3. The number of pyridine rings is 1. The van der Waals surface area contributed by atoms with Gasteiger partial charge in [0.05, 0.1) is 11.7 Å². The highest BCUT2D eigenvalue weighted by atomic mass is 16.3. The fourth-order valence-corrected chi connectivity index (χ4v) is 5.01. The van der Waals surface area contributed by atoms with Crippen LogP contribution in [0.2, 0.25) is 0 Å². The van der Waals surface area contributed by atoms with Gasteiger partial charge in [0.2, 0.25) is 0 Å². The Hall–Kier alpha value is -2.25. The molecule has 0 aliphatic heterocycles. The topological polar surface area (TPSA) is 91.1 Å². The minimum Gasteiger partial charge on any atom is -0.378 e. The van der Waals surface area contributed by atoms with Crippen molar-refractivity contribution in [2.24, 2.45) is 16.8 Å². The molecule has 1 atom stereocenters. The number of aliphatic hydroxyl groups is 1. The standard InChI is InChI=1S/C23H32N6O/c1-24-10-8-15-4-6-17(7-5-15)29-20(12-21(30)26-13-16-2-3-16)28-19-14-27-23-18(22(19)29)9-11-25-23/h9,11,14-17,21,26,30H,1-8,10,12-13H2,(H,25,27)/t15-,17-,21?. The molecule has 2 fully saturated rings. The van der Waals surface area contributed by atoms with Crippen molar-refractivity contribution < 1.29 is 5.11 Å². The minimum absolute atomic E-state index is 0.411. The third-order valence-corrected chi connectivity index (χ3v) is 6.90. The first-order valence-electron chi connectivity index (χ1n) is 11.4. The smallest absolute Gasteiger partial charge is 0.139 e. The van der Waals surface area contributed by atoms with Gasteiger partial charge in [-0.25, -0.2) is 9.97 Å². The van der Waals surface area contributed by atoms with E-state index >= 15 is 0 Å². The van der Waals surface area contributed by atoms with Gasteiger partial charge in [-0.15, -0.1) is 0 Å². The average molecular weight is 409 g/mol. The van der Waals surface area contributed by atoms with Crippen LogP contribution in [-0.2, 0) is 6.42 Å². The van der Waals surface area contributed by atoms with Gasteiger partial charge in [0.15, 0.2) is 0 Å². The number of aromatic amines is 1. The maximum atomic E-state index is 10.6. The predicted molar refractivity (Wildman–Crippen MR) is 120 cm³/mol. The zero-order chi connectivity index (χ0) is 20.5. The highest BCUT2D eigenvalue weighted by Gasteiger charge is 2.28. The second-order valence-electron chi connectivity index (χ2n) is 9.11. The molecule has 0 amide bonds. The van der Waals surface area contributed by atoms with Crippen LogP contribution in [0.3, 0.4) is 0 Å². The van der Waals surface area contributed by atoms with Gasteiger partial charge in [0, 0.05) is 37.1 Å². The van der Waals surface area contributed by atoms with Gasteiger partial charge in [-0.2, -0.15) is 0 Å². The van der Waals surface area contributed by atoms with Crippen molar-refractivity contribution in [1.29, 1.82) is 0 Å². The molecule has 0 radical (unpaired) electrons. The van der Waals surface area contributed by atoms with Gasteiger partial charge in [-0.3, -0.25) is 5.32 Å². The highest BCUT2D eigenvalue weighted by molar-refractivity contribution is 6.01. The first kappa shape index (κ1) is 19.7. The summed E-state index contributed by atoms with van der Waals surface area (Å²) in [6.45, 7) is 5.39. The first-order valence-corrected chi connectivity index (χ1v) is 11.4. The largest absolute Gasteiger partial charge is 0.378 e. The van der Waals surface area contributed by atoms with Crippen molar-refractivity contribution in [3.05, 3.63) is 24.3 Å². The van der Waals surface area contributed by atoms with E-state index in [2.05, 4.69) is 37.6 Å². The van der Waals surface area contributed by atoms with E-state index in [1.54, 1.807) is 0 Å². The van der Waals surface area contributed by atoms with Crippen molar-refractivity contribution >= 4 is 28.8 Å². The van der Waals surface area contributed by atoms with Crippen molar-refractivity contribution in [3.8, 4) is 0 Å². The monoisotopic (exact) mass is 408 g/mol. The Labute approximate surface area is 177 Å². The van der Waals surface area contributed by atoms with E-state index in [0.29, 0.717) is 12.5 Å². The molecule has 2 aliphatic carbocycles. The van der Waals surface area contributed by atoms with Crippen LogP contribution in [0.4, 0.5) is 0 Å². The molecule has 3 heterocycles. The molecule has 3 aromatic heterocycles. The normalized spacial score (nSPS) is 23.2. The molecule has 30 heavy (non-hydrogen) atoms. The zero-order valence-corrected chi connectivity index (χ0v) is 17.6. The van der Waals surface area contributed by atoms with Crippen molar-refractivity contribution in [3.63, 3.8) is 0 Å². The molecule has 7 nitrogen and oxygen atoms in total. The third-order valence-electron chi connectivity index (χ3n) is 6.90. The Kier molecular flexibility index (Phi) is 5.56. The van der Waals surface area contributed by atoms with Crippen molar-refractivity contribution in [2.75, 3.05) is 13.1 Å². The maximum absolute atomic E-state index is 10.6. The summed E-state index contributed by atoms with van der Waals surface area (Å²) in [7, 11) is 0. The lowest BCUT2D eigenvalue weighted by Crippen LogP contribution is -2.33. The van der Waals surface area contributed by atoms with E-state index in [-0.39, 0.29) is 0 Å². The molecule has 160 valence electrons. The molecule has 1 unspecified atom stereocenters. The van der Waals surface area contributed by atoms with Gasteiger partial charge >= 0.3 is 0 Å². The first-order chi connectivity index (χ1) is 14.7. The third kappa shape index (κ3) is 4.01. The number of nitrogens with zero attached hydrogens (tertiary/aromatic N) is 4. The zero-order valence-electron chi connectivity index (χ0n) is 17.6. The van der Waals surface area contributed by atoms with Gasteiger partial charge in [-0.05, 0) is 69.6 Å². The molecule has 3 aromatic rings. The summed E-state index contributed by atoms with van der Waals surface area (Å²) in [5.74, 6) is 2.44. The molecule has 3 N–H and O–H groups in total. The summed E-state index contributed by atoms with van der Waals surface area (Å²) in [6.07, 6.45) is 12.2. The number of aromatic nitrogens is 4. The van der Waals surface area contributed by atoms with E-state index in [0.717, 1.165) is 72.1 Å². The van der Waals surface area contributed by atoms with Crippen LogP contribution in [0.5, 0.6) is 0 Å². The van der Waals surface area contributed by atoms with E-state index < -0.39 is 6.23 Å². The summed E-state index contributed by atoms with van der Waals surface area (Å²) in [6, 6.07) is 2.50. The molecule has 0 bridgehead atoms. The van der Waals surface area contributed by atoms with E-state index in [1.165, 1.54) is 25.7 Å². The van der Waals surface area contributed by atoms with Gasteiger partial charge < -0.3 is 19.7 Å². The van der Waals surface area contributed by atoms with E-state index in [9.17, 15) is 5.11 Å². The van der Waals surface area contributed by atoms with Crippen molar-refractivity contribution in [1.82, 2.24) is 24.8 Å². The van der Waals surface area contributed by atoms with Gasteiger partial charge in [-0.1, -0.05) is 0 Å². The second-order valence-corrected chi connectivity index (χ2v) is 9.11. The molecule has 0 aromatic carbocycles. The van der Waals surface area contributed by atoms with Crippen LogP contribution in [0.1, 0.15) is 56.8 Å². The van der Waals surface area contributed by atoms with Gasteiger partial charge in [0.25, 0.3) is 0 Å². The molecule has 2 saturated carbocycles. The summed E-state index contributed by atoms with van der Waals surface area (Å²) < 4.78 is 2.41. The molecular formula is C23H32N6O. The summed E-state index contributed by atoms with van der Waals surface area (Å²) >= 11 is 0. The average Bonchev–Trinajstić information content (AvgIpc) is 3.34. The van der Waals surface area contributed by atoms with Gasteiger partial charge in [0.1, 0.15) is 23.2 Å². The Balaban J connectivity index is 1.44. The molecule has 5 rings (SSSR count). The highest BCUT2D eigenvalue weighted by Crippen LogP contribution is 2.38. The number of nitrogens with one attached hydrogen (secondary N) is 2. The minimum atomic E-state index is -0.564. The predicted octanol–water partition coefficient (Wildman–Crippen LogP) is 3.60. The Bertz CT molecular complexity index is 1010. The number of H-pyrrole nitrogens is 1. The van der Waals surface area contributed by atoms with E-state index in [4.69, 9.17) is 4.98 Å². The van der Waals surface area contributed by atoms with Crippen LogP contribution in [0.25, 0.3) is 22.1 Å². The van der Waals surface area contributed by atoms with Crippen LogP contribution >= 0.6 is 0 Å². The fraction of sp³-hybridized carbons (Fsp3) is 0.609. The number of aliphatic imine (C=N–C) groups is 1. The molecule has 0 saturated heterocycles. The summed E-state index contributed by atoms with van der Waals surface area (Å²) in [5.41, 5.74) is 2.97. The number of hydrogen-bond acceptors (Lipinski definition) is 5. The van der Waals surface area contributed by atoms with Crippen LogP contribution in [-0.4, -0.2) is 50.7 Å². The van der Waals surface area contributed by atoms with E-state index in [1.807, 2.05) is 12.4 Å². The lowest BCUT2D eigenvalue weighted by molar-refractivity contribution is 0.131. The number of imidazole rings is 1. The Morgan fingerprint density at radius 2 is 2.03 bits per heavy atom. The van der Waals surface area contributed by atoms with Crippen LogP contribution in [0.15, 0.2) is 23.5 Å². The van der Waals surface area contributed by atoms with Crippen LogP contribution < -0.4 is 5.32 Å². The Morgan fingerprint density at radius 3 is 2.80 bits per heavy atom. The lowest BCUT2D eigenvalue weighted by Gasteiger charge is -2.31. The fourth-order valence-electron chi connectivity index (χ4n) is 5.01. The number of hydrogen-bond donors (Lipinski definition) is 3. The quantitative estimate of drug-likeness (QED) is 0.373. The molecular weight excluding hydrogens is 376 g/mol. The summed E-state index contributed by atoms with van der Waals surface area (Å²) in [5, 5.41) is 15.0. The molecule has 2 aliphatic rings. The SMILES string of the molecule is C=NCC[C@H]1CC[C@H](n2c(CC(O)NCC3CC3)nc3cnc4[nH]ccc4c32)CC1. The lowest BCUT2D eigenvalue weighted by atomic mass is 9.84. The number of rotatable bonds is 9. The van der Waals surface area contributed by atoms with Crippen molar-refractivity contribution in [2.45, 2.75) is 63.6 Å². The second kappa shape index (κ2) is 8.47. The summed E-state index contributed by atoms with van der Waals surface area (Å²) in [4.78, 5) is 16.7. The van der Waals surface area contributed by atoms with Crippen LogP contribution in [0, 0.1) is 11.8 Å². The molecule has 0 spiro atoms. The molecule has 7 heteroatoms. The number of aliphatic hydroxyl groups excluding tert-OH is 1. The maximum Gasteiger partial charge on any atom is 0.139 e.